The van der Waals surface area contributed by atoms with Gasteiger partial charge in [0.15, 0.2) is 0 Å². The molecule has 2 N–H and O–H groups in total. The zero-order valence-corrected chi connectivity index (χ0v) is 11.6. The lowest BCUT2D eigenvalue weighted by molar-refractivity contribution is -0.132. The van der Waals surface area contributed by atoms with Gasteiger partial charge in [0.2, 0.25) is 5.91 Å². The van der Waals surface area contributed by atoms with Gasteiger partial charge >= 0.3 is 0 Å². The van der Waals surface area contributed by atoms with Crippen molar-refractivity contribution in [1.82, 2.24) is 4.90 Å². The van der Waals surface area contributed by atoms with Crippen LogP contribution < -0.4 is 5.73 Å². The lowest BCUT2D eigenvalue weighted by Gasteiger charge is -2.27. The first kappa shape index (κ1) is 14.1. The fraction of sp³-hybridized carbons (Fsp3) is 0.562. The van der Waals surface area contributed by atoms with Gasteiger partial charge in [-0.25, -0.2) is 0 Å². The van der Waals surface area contributed by atoms with Gasteiger partial charge in [-0.2, -0.15) is 0 Å². The fourth-order valence-corrected chi connectivity index (χ4v) is 2.66. The summed E-state index contributed by atoms with van der Waals surface area (Å²) in [7, 11) is 0. The van der Waals surface area contributed by atoms with Gasteiger partial charge in [0, 0.05) is 13.1 Å². The first-order valence-electron chi connectivity index (χ1n) is 7.35. The van der Waals surface area contributed by atoms with Crippen LogP contribution in [0.3, 0.4) is 0 Å². The normalized spacial score (nSPS) is 18.5. The van der Waals surface area contributed by atoms with Crippen LogP contribution in [0.4, 0.5) is 0 Å². The second-order valence-corrected chi connectivity index (χ2v) is 5.39. The van der Waals surface area contributed by atoms with Crippen LogP contribution in [-0.2, 0) is 11.2 Å². The fourth-order valence-electron chi connectivity index (χ4n) is 2.66. The lowest BCUT2D eigenvalue weighted by Crippen LogP contribution is -2.46. The average Bonchev–Trinajstić information content (AvgIpc) is 2.39. The highest BCUT2D eigenvalue weighted by molar-refractivity contribution is 5.82. The van der Waals surface area contributed by atoms with Crippen molar-refractivity contribution in [2.75, 3.05) is 13.1 Å². The highest BCUT2D eigenvalue weighted by Gasteiger charge is 2.21. The van der Waals surface area contributed by atoms with Crippen LogP contribution in [0.1, 0.15) is 37.7 Å². The minimum atomic E-state index is -0.401. The summed E-state index contributed by atoms with van der Waals surface area (Å²) in [6.07, 6.45) is 6.64. The van der Waals surface area contributed by atoms with Crippen LogP contribution in [0.25, 0.3) is 0 Å². The summed E-state index contributed by atoms with van der Waals surface area (Å²) < 4.78 is 0. The summed E-state index contributed by atoms with van der Waals surface area (Å²) in [6, 6.07) is 9.61. The molecule has 1 atom stereocenters. The molecule has 1 amide bonds. The lowest BCUT2D eigenvalue weighted by atomic mass is 10.0. The van der Waals surface area contributed by atoms with Crippen molar-refractivity contribution in [2.45, 2.75) is 44.6 Å². The Bertz CT molecular complexity index is 383. The van der Waals surface area contributed by atoms with Crippen molar-refractivity contribution in [3.8, 4) is 0 Å². The highest BCUT2D eigenvalue weighted by Crippen LogP contribution is 2.12. The van der Waals surface area contributed by atoms with Gasteiger partial charge < -0.3 is 10.6 Å². The second-order valence-electron chi connectivity index (χ2n) is 5.39. The molecule has 1 aromatic rings. The summed E-state index contributed by atoms with van der Waals surface area (Å²) in [4.78, 5) is 14.3. The number of amides is 1. The molecule has 1 saturated heterocycles. The SMILES string of the molecule is N[C@@H](Cc1ccccc1)C(=O)N1CCCCCCC1. The van der Waals surface area contributed by atoms with Crippen LogP contribution in [0.15, 0.2) is 30.3 Å². The molecule has 1 heterocycles. The zero-order valence-electron chi connectivity index (χ0n) is 11.6. The van der Waals surface area contributed by atoms with Gasteiger partial charge in [-0.05, 0) is 24.8 Å². The molecule has 3 nitrogen and oxygen atoms in total. The molecule has 104 valence electrons. The summed E-state index contributed by atoms with van der Waals surface area (Å²) in [5.41, 5.74) is 7.21. The molecule has 0 radical (unpaired) electrons. The van der Waals surface area contributed by atoms with E-state index in [0.717, 1.165) is 31.5 Å². The molecular weight excluding hydrogens is 236 g/mol. The number of benzene rings is 1. The predicted octanol–water partition coefficient (Wildman–Crippen LogP) is 2.35. The Balaban J connectivity index is 1.90. The van der Waals surface area contributed by atoms with E-state index in [0.29, 0.717) is 6.42 Å². The van der Waals surface area contributed by atoms with E-state index in [-0.39, 0.29) is 5.91 Å². The van der Waals surface area contributed by atoms with Gasteiger partial charge in [0.05, 0.1) is 6.04 Å². The van der Waals surface area contributed by atoms with Crippen LogP contribution in [0.5, 0.6) is 0 Å². The van der Waals surface area contributed by atoms with Crippen molar-refractivity contribution >= 4 is 5.91 Å². The molecule has 0 aliphatic carbocycles. The Hall–Kier alpha value is -1.35. The van der Waals surface area contributed by atoms with E-state index in [1.807, 2.05) is 35.2 Å². The maximum Gasteiger partial charge on any atom is 0.239 e. The van der Waals surface area contributed by atoms with E-state index >= 15 is 0 Å². The maximum absolute atomic E-state index is 12.4. The molecule has 1 aromatic carbocycles. The molecule has 1 aliphatic rings. The summed E-state index contributed by atoms with van der Waals surface area (Å²) in [5.74, 6) is 0.116. The molecular formula is C16H24N2O. The van der Waals surface area contributed by atoms with Crippen molar-refractivity contribution < 1.29 is 4.79 Å². The molecule has 3 heteroatoms. The Morgan fingerprint density at radius 2 is 1.63 bits per heavy atom. The highest BCUT2D eigenvalue weighted by atomic mass is 16.2. The number of carbonyl (C=O) groups is 1. The number of nitrogens with zero attached hydrogens (tertiary/aromatic N) is 1. The van der Waals surface area contributed by atoms with E-state index in [9.17, 15) is 4.79 Å². The Labute approximate surface area is 115 Å². The third-order valence-corrected chi connectivity index (χ3v) is 3.78. The van der Waals surface area contributed by atoms with E-state index in [4.69, 9.17) is 5.73 Å². The molecule has 19 heavy (non-hydrogen) atoms. The third-order valence-electron chi connectivity index (χ3n) is 3.78. The van der Waals surface area contributed by atoms with Crippen LogP contribution in [0.2, 0.25) is 0 Å². The summed E-state index contributed by atoms with van der Waals surface area (Å²) in [5, 5.41) is 0. The maximum atomic E-state index is 12.4. The molecule has 0 spiro atoms. The van der Waals surface area contributed by atoms with E-state index in [1.54, 1.807) is 0 Å². The smallest absolute Gasteiger partial charge is 0.239 e. The van der Waals surface area contributed by atoms with Crippen LogP contribution >= 0.6 is 0 Å². The van der Waals surface area contributed by atoms with Crippen LogP contribution in [0, 0.1) is 0 Å². The molecule has 0 saturated carbocycles. The first-order chi connectivity index (χ1) is 9.27. The average molecular weight is 260 g/mol. The molecule has 1 aliphatic heterocycles. The largest absolute Gasteiger partial charge is 0.341 e. The molecule has 0 unspecified atom stereocenters. The number of carbonyl (C=O) groups excluding carboxylic acids is 1. The van der Waals surface area contributed by atoms with Crippen molar-refractivity contribution in [3.63, 3.8) is 0 Å². The Morgan fingerprint density at radius 1 is 1.05 bits per heavy atom. The standard InChI is InChI=1S/C16H24N2O/c17-15(13-14-9-5-4-6-10-14)16(19)18-11-7-2-1-3-8-12-18/h4-6,9-10,15H,1-3,7-8,11-13,17H2/t15-/m0/s1. The van der Waals surface area contributed by atoms with Gasteiger partial charge in [0.25, 0.3) is 0 Å². The summed E-state index contributed by atoms with van der Waals surface area (Å²) >= 11 is 0. The summed E-state index contributed by atoms with van der Waals surface area (Å²) in [6.45, 7) is 1.75. The van der Waals surface area contributed by atoms with Gasteiger partial charge in [0.1, 0.15) is 0 Å². The Kier molecular flexibility index (Phi) is 5.40. The molecule has 2 rings (SSSR count). The topological polar surface area (TPSA) is 46.3 Å². The van der Waals surface area contributed by atoms with E-state index < -0.39 is 6.04 Å². The van der Waals surface area contributed by atoms with Crippen LogP contribution in [-0.4, -0.2) is 29.9 Å². The third kappa shape index (κ3) is 4.35. The number of hydrogen-bond acceptors (Lipinski definition) is 2. The quantitative estimate of drug-likeness (QED) is 0.906. The first-order valence-corrected chi connectivity index (χ1v) is 7.35. The molecule has 1 fully saturated rings. The van der Waals surface area contributed by atoms with Gasteiger partial charge in [-0.3, -0.25) is 4.79 Å². The Morgan fingerprint density at radius 3 is 2.26 bits per heavy atom. The minimum Gasteiger partial charge on any atom is -0.341 e. The van der Waals surface area contributed by atoms with Gasteiger partial charge in [-0.15, -0.1) is 0 Å². The molecule has 0 bridgehead atoms. The zero-order chi connectivity index (χ0) is 13.5. The number of nitrogens with two attached hydrogens (primary N) is 1. The number of hydrogen-bond donors (Lipinski definition) is 1. The predicted molar refractivity (Wildman–Crippen MR) is 77.8 cm³/mol. The number of rotatable bonds is 3. The van der Waals surface area contributed by atoms with E-state index in [2.05, 4.69) is 0 Å². The minimum absolute atomic E-state index is 0.116. The number of likely N-dealkylation sites (tertiary alicyclic amines) is 1. The molecule has 0 aromatic heterocycles. The second kappa shape index (κ2) is 7.29. The van der Waals surface area contributed by atoms with Crippen molar-refractivity contribution in [3.05, 3.63) is 35.9 Å². The van der Waals surface area contributed by atoms with Crippen molar-refractivity contribution in [2.24, 2.45) is 5.73 Å². The van der Waals surface area contributed by atoms with Gasteiger partial charge in [-0.1, -0.05) is 49.6 Å². The monoisotopic (exact) mass is 260 g/mol. The van der Waals surface area contributed by atoms with E-state index in [1.165, 1.54) is 19.3 Å². The van der Waals surface area contributed by atoms with Crippen molar-refractivity contribution in [1.29, 1.82) is 0 Å².